The Balaban J connectivity index is 2.46. The largest absolute Gasteiger partial charge is 0.369 e. The normalized spacial score (nSPS) is 18.7. The van der Waals surface area contributed by atoms with E-state index in [9.17, 15) is 9.59 Å². The van der Waals surface area contributed by atoms with E-state index in [0.717, 1.165) is 25.7 Å². The van der Waals surface area contributed by atoms with Gasteiger partial charge in [-0.25, -0.2) is 0 Å². The molecule has 0 bridgehead atoms. The van der Waals surface area contributed by atoms with Gasteiger partial charge in [-0.1, -0.05) is 12.8 Å². The Kier molecular flexibility index (Phi) is 4.08. The van der Waals surface area contributed by atoms with Crippen molar-refractivity contribution in [3.8, 4) is 0 Å². The topological polar surface area (TPSA) is 98.2 Å². The third-order valence-corrected chi connectivity index (χ3v) is 3.08. The Labute approximate surface area is 89.6 Å². The van der Waals surface area contributed by atoms with Crippen LogP contribution < -0.4 is 16.8 Å². The fourth-order valence-corrected chi connectivity index (χ4v) is 2.05. The van der Waals surface area contributed by atoms with Gasteiger partial charge in [-0.3, -0.25) is 9.59 Å². The van der Waals surface area contributed by atoms with Gasteiger partial charge >= 0.3 is 0 Å². The maximum atomic E-state index is 11.3. The van der Waals surface area contributed by atoms with Crippen LogP contribution in [0.2, 0.25) is 0 Å². The number of nitrogens with two attached hydrogens (primary N) is 2. The molecule has 1 saturated carbocycles. The Morgan fingerprint density at radius 2 is 1.87 bits per heavy atom. The highest BCUT2D eigenvalue weighted by atomic mass is 16.2. The Hall–Kier alpha value is -1.10. The predicted octanol–water partition coefficient (Wildman–Crippen LogP) is -0.503. The lowest BCUT2D eigenvalue weighted by Gasteiger charge is -2.25. The monoisotopic (exact) mass is 213 g/mol. The molecule has 1 fully saturated rings. The number of nitrogens with one attached hydrogen (secondary N) is 1. The molecule has 1 rings (SSSR count). The van der Waals surface area contributed by atoms with E-state index in [-0.39, 0.29) is 11.8 Å². The highest BCUT2D eigenvalue weighted by Crippen LogP contribution is 2.37. The van der Waals surface area contributed by atoms with Crippen molar-refractivity contribution in [3.63, 3.8) is 0 Å². The molecule has 0 heterocycles. The minimum Gasteiger partial charge on any atom is -0.369 e. The second-order valence-corrected chi connectivity index (χ2v) is 4.17. The summed E-state index contributed by atoms with van der Waals surface area (Å²) in [7, 11) is 0. The Morgan fingerprint density at radius 1 is 1.27 bits per heavy atom. The van der Waals surface area contributed by atoms with Gasteiger partial charge in [0, 0.05) is 19.5 Å². The average molecular weight is 213 g/mol. The second-order valence-electron chi connectivity index (χ2n) is 4.17. The first kappa shape index (κ1) is 12.0. The summed E-state index contributed by atoms with van der Waals surface area (Å²) >= 11 is 0. The van der Waals surface area contributed by atoms with Crippen LogP contribution in [0, 0.1) is 5.41 Å². The van der Waals surface area contributed by atoms with Gasteiger partial charge in [0.25, 0.3) is 0 Å². The molecule has 0 saturated heterocycles. The summed E-state index contributed by atoms with van der Waals surface area (Å²) in [5.41, 5.74) is 10.1. The molecule has 5 heteroatoms. The molecule has 5 nitrogen and oxygen atoms in total. The lowest BCUT2D eigenvalue weighted by atomic mass is 9.85. The molecule has 2 amide bonds. The van der Waals surface area contributed by atoms with Crippen LogP contribution in [0.15, 0.2) is 0 Å². The molecule has 15 heavy (non-hydrogen) atoms. The standard InChI is InChI=1S/C10H19N3O2/c11-6-3-8(14)13-7-10(9(12)15)4-1-2-5-10/h1-7,11H2,(H2,12,15)(H,13,14). The lowest BCUT2D eigenvalue weighted by Crippen LogP contribution is -2.45. The highest BCUT2D eigenvalue weighted by Gasteiger charge is 2.39. The fourth-order valence-electron chi connectivity index (χ4n) is 2.05. The summed E-state index contributed by atoms with van der Waals surface area (Å²) in [6.45, 7) is 0.691. The maximum Gasteiger partial charge on any atom is 0.225 e. The third kappa shape index (κ3) is 2.92. The lowest BCUT2D eigenvalue weighted by molar-refractivity contribution is -0.128. The maximum absolute atomic E-state index is 11.3. The van der Waals surface area contributed by atoms with E-state index in [0.29, 0.717) is 19.5 Å². The van der Waals surface area contributed by atoms with E-state index >= 15 is 0 Å². The number of carbonyl (C=O) groups is 2. The molecule has 0 aromatic heterocycles. The van der Waals surface area contributed by atoms with Crippen molar-refractivity contribution < 1.29 is 9.59 Å². The van der Waals surface area contributed by atoms with Gasteiger partial charge in [0.15, 0.2) is 0 Å². The number of primary amides is 1. The molecular formula is C10H19N3O2. The molecule has 86 valence electrons. The number of rotatable bonds is 5. The minimum absolute atomic E-state index is 0.106. The summed E-state index contributed by atoms with van der Waals surface area (Å²) in [4.78, 5) is 22.6. The quantitative estimate of drug-likeness (QED) is 0.574. The van der Waals surface area contributed by atoms with Crippen LogP contribution in [-0.2, 0) is 9.59 Å². The summed E-state index contributed by atoms with van der Waals surface area (Å²) in [6, 6.07) is 0. The van der Waals surface area contributed by atoms with Crippen molar-refractivity contribution >= 4 is 11.8 Å². The molecule has 0 aromatic carbocycles. The predicted molar refractivity (Wildman–Crippen MR) is 56.8 cm³/mol. The summed E-state index contributed by atoms with van der Waals surface area (Å²) in [5.74, 6) is -0.405. The zero-order chi connectivity index (χ0) is 11.3. The first-order valence-corrected chi connectivity index (χ1v) is 5.37. The Bertz CT molecular complexity index is 247. The van der Waals surface area contributed by atoms with Gasteiger partial charge in [-0.2, -0.15) is 0 Å². The number of amides is 2. The van der Waals surface area contributed by atoms with Crippen molar-refractivity contribution in [1.82, 2.24) is 5.32 Å². The van der Waals surface area contributed by atoms with E-state index in [1.54, 1.807) is 0 Å². The van der Waals surface area contributed by atoms with E-state index in [4.69, 9.17) is 11.5 Å². The smallest absolute Gasteiger partial charge is 0.225 e. The zero-order valence-corrected chi connectivity index (χ0v) is 8.92. The van der Waals surface area contributed by atoms with Crippen LogP contribution in [0.25, 0.3) is 0 Å². The molecule has 0 atom stereocenters. The van der Waals surface area contributed by atoms with Crippen molar-refractivity contribution in [1.29, 1.82) is 0 Å². The summed E-state index contributed by atoms with van der Waals surface area (Å²) in [6.07, 6.45) is 3.89. The van der Waals surface area contributed by atoms with Crippen LogP contribution in [0.4, 0.5) is 0 Å². The molecule has 0 aliphatic heterocycles. The van der Waals surface area contributed by atoms with Gasteiger partial charge in [-0.05, 0) is 12.8 Å². The molecular weight excluding hydrogens is 194 g/mol. The number of carbonyl (C=O) groups excluding carboxylic acids is 2. The highest BCUT2D eigenvalue weighted by molar-refractivity contribution is 5.83. The SMILES string of the molecule is NCCC(=O)NCC1(C(N)=O)CCCC1. The van der Waals surface area contributed by atoms with E-state index in [1.165, 1.54) is 0 Å². The first-order valence-electron chi connectivity index (χ1n) is 5.37. The Morgan fingerprint density at radius 3 is 2.33 bits per heavy atom. The second kappa shape index (κ2) is 5.11. The van der Waals surface area contributed by atoms with Gasteiger partial charge in [0.05, 0.1) is 5.41 Å². The van der Waals surface area contributed by atoms with E-state index < -0.39 is 5.41 Å². The molecule has 1 aliphatic carbocycles. The number of hydrogen-bond acceptors (Lipinski definition) is 3. The van der Waals surface area contributed by atoms with Crippen LogP contribution in [0.3, 0.4) is 0 Å². The minimum atomic E-state index is -0.510. The van der Waals surface area contributed by atoms with E-state index in [2.05, 4.69) is 5.32 Å². The molecule has 0 radical (unpaired) electrons. The van der Waals surface area contributed by atoms with Crippen molar-refractivity contribution in [2.45, 2.75) is 32.1 Å². The van der Waals surface area contributed by atoms with Gasteiger partial charge < -0.3 is 16.8 Å². The van der Waals surface area contributed by atoms with Gasteiger partial charge in [0.2, 0.25) is 11.8 Å². The van der Waals surface area contributed by atoms with E-state index in [1.807, 2.05) is 0 Å². The first-order chi connectivity index (χ1) is 7.10. The van der Waals surface area contributed by atoms with Gasteiger partial charge in [0.1, 0.15) is 0 Å². The third-order valence-electron chi connectivity index (χ3n) is 3.08. The van der Waals surface area contributed by atoms with Crippen LogP contribution in [0.1, 0.15) is 32.1 Å². The summed E-state index contributed by atoms with van der Waals surface area (Å²) < 4.78 is 0. The van der Waals surface area contributed by atoms with Crippen molar-refractivity contribution in [3.05, 3.63) is 0 Å². The van der Waals surface area contributed by atoms with Crippen molar-refractivity contribution in [2.75, 3.05) is 13.1 Å². The van der Waals surface area contributed by atoms with Crippen LogP contribution in [0.5, 0.6) is 0 Å². The molecule has 5 N–H and O–H groups in total. The molecule has 0 spiro atoms. The van der Waals surface area contributed by atoms with Gasteiger partial charge in [-0.15, -0.1) is 0 Å². The van der Waals surface area contributed by atoms with Crippen molar-refractivity contribution in [2.24, 2.45) is 16.9 Å². The molecule has 0 aromatic rings. The molecule has 0 unspecified atom stereocenters. The average Bonchev–Trinajstić information content (AvgIpc) is 2.65. The van der Waals surface area contributed by atoms with Crippen LogP contribution in [-0.4, -0.2) is 24.9 Å². The van der Waals surface area contributed by atoms with Crippen LogP contribution >= 0.6 is 0 Å². The molecule has 1 aliphatic rings. The number of hydrogen-bond donors (Lipinski definition) is 3. The zero-order valence-electron chi connectivity index (χ0n) is 8.92. The fraction of sp³-hybridized carbons (Fsp3) is 0.800. The summed E-state index contributed by atoms with van der Waals surface area (Å²) in [5, 5.41) is 2.73.